The molecule has 1 unspecified atom stereocenters. The van der Waals surface area contributed by atoms with Gasteiger partial charge in [0.1, 0.15) is 0 Å². The molecule has 8 heavy (non-hydrogen) atoms. The smallest absolute Gasteiger partial charge is 0.278 e. The van der Waals surface area contributed by atoms with Gasteiger partial charge < -0.3 is 5.11 Å². The van der Waals surface area contributed by atoms with Crippen LogP contribution in [0.3, 0.4) is 0 Å². The molecule has 1 amide bonds. The van der Waals surface area contributed by atoms with Crippen LogP contribution >= 0.6 is 12.1 Å². The van der Waals surface area contributed by atoms with E-state index in [1.807, 2.05) is 0 Å². The van der Waals surface area contributed by atoms with E-state index in [0.29, 0.717) is 16.6 Å². The number of aliphatic hydroxyl groups is 1. The van der Waals surface area contributed by atoms with Gasteiger partial charge in [-0.3, -0.25) is 14.7 Å². The molecule has 1 aliphatic rings. The van der Waals surface area contributed by atoms with Crippen LogP contribution in [-0.4, -0.2) is 26.9 Å². The fraction of sp³-hybridized carbons (Fsp3) is 0.500. The van der Waals surface area contributed by atoms with E-state index < -0.39 is 12.1 Å². The number of hydrogen-bond donors (Lipinski definition) is 3. The summed E-state index contributed by atoms with van der Waals surface area (Å²) in [6, 6.07) is 0. The number of amides is 1. The molecule has 3 N–H and O–H groups in total. The van der Waals surface area contributed by atoms with Gasteiger partial charge in [-0.1, -0.05) is 4.47 Å². The van der Waals surface area contributed by atoms with E-state index in [2.05, 4.69) is 4.72 Å². The molecule has 0 bridgehead atoms. The maximum atomic E-state index is 10.2. The highest BCUT2D eigenvalue weighted by atomic mass is 32.2. The molecule has 1 atom stereocenters. The summed E-state index contributed by atoms with van der Waals surface area (Å²) in [7, 11) is 0. The fourth-order valence-electron chi connectivity index (χ4n) is 0.295. The van der Waals surface area contributed by atoms with E-state index in [4.69, 9.17) is 10.3 Å². The first-order chi connectivity index (χ1) is 3.72. The van der Waals surface area contributed by atoms with Crippen LogP contribution in [0.25, 0.3) is 0 Å². The van der Waals surface area contributed by atoms with Gasteiger partial charge in [0.05, 0.1) is 12.1 Å². The van der Waals surface area contributed by atoms with Crippen LogP contribution in [0.5, 0.6) is 0 Å². The van der Waals surface area contributed by atoms with Crippen molar-refractivity contribution in [1.82, 2.24) is 9.19 Å². The molecule has 5 nitrogen and oxygen atoms in total. The van der Waals surface area contributed by atoms with Crippen molar-refractivity contribution in [2.24, 2.45) is 0 Å². The first-order valence-electron chi connectivity index (χ1n) is 1.85. The van der Waals surface area contributed by atoms with Gasteiger partial charge in [0.15, 0.2) is 0 Å². The third kappa shape index (κ3) is 0.781. The Labute approximate surface area is 49.5 Å². The minimum atomic E-state index is -1.42. The Morgan fingerprint density at radius 1 is 1.88 bits per heavy atom. The molecule has 6 heteroatoms. The lowest BCUT2D eigenvalue weighted by Crippen LogP contribution is -2.28. The average molecular weight is 136 g/mol. The first-order valence-corrected chi connectivity index (χ1v) is 2.62. The maximum absolute atomic E-state index is 10.2. The monoisotopic (exact) mass is 136 g/mol. The van der Waals surface area contributed by atoms with Crippen LogP contribution in [0.1, 0.15) is 0 Å². The van der Waals surface area contributed by atoms with Crippen molar-refractivity contribution in [2.45, 2.75) is 6.23 Å². The SMILES string of the molecule is O=C1NSN(O)C1O. The molecule has 0 aliphatic carbocycles. The van der Waals surface area contributed by atoms with E-state index in [0.717, 1.165) is 0 Å². The van der Waals surface area contributed by atoms with Gasteiger partial charge in [0.2, 0.25) is 6.23 Å². The molecular weight excluding hydrogens is 132 g/mol. The van der Waals surface area contributed by atoms with Gasteiger partial charge in [-0.2, -0.15) is 0 Å². The van der Waals surface area contributed by atoms with E-state index >= 15 is 0 Å². The molecule has 1 heterocycles. The lowest BCUT2D eigenvalue weighted by Gasteiger charge is -2.02. The number of hydrogen-bond acceptors (Lipinski definition) is 5. The predicted octanol–water partition coefficient (Wildman–Crippen LogP) is -1.31. The summed E-state index contributed by atoms with van der Waals surface area (Å²) >= 11 is 0.653. The van der Waals surface area contributed by atoms with E-state index in [9.17, 15) is 4.79 Å². The van der Waals surface area contributed by atoms with Crippen molar-refractivity contribution in [3.05, 3.63) is 0 Å². The lowest BCUT2D eigenvalue weighted by molar-refractivity contribution is -0.149. The van der Waals surface area contributed by atoms with E-state index in [-0.39, 0.29) is 0 Å². The van der Waals surface area contributed by atoms with Gasteiger partial charge in [0, 0.05) is 0 Å². The number of rotatable bonds is 0. The Balaban J connectivity index is 2.56. The molecule has 46 valence electrons. The molecule has 0 aromatic heterocycles. The van der Waals surface area contributed by atoms with E-state index in [1.165, 1.54) is 0 Å². The maximum Gasteiger partial charge on any atom is 0.278 e. The quantitative estimate of drug-likeness (QED) is 0.360. The Kier molecular flexibility index (Phi) is 1.39. The molecule has 0 saturated carbocycles. The van der Waals surface area contributed by atoms with Gasteiger partial charge in [-0.25, -0.2) is 0 Å². The van der Waals surface area contributed by atoms with Crippen molar-refractivity contribution in [3.63, 3.8) is 0 Å². The Hall–Kier alpha value is -0.300. The fourth-order valence-corrected chi connectivity index (χ4v) is 0.779. The van der Waals surface area contributed by atoms with Crippen LogP contribution in [0.15, 0.2) is 0 Å². The highest BCUT2D eigenvalue weighted by Crippen LogP contribution is 2.12. The number of nitrogens with zero attached hydrogens (tertiary/aromatic N) is 1. The van der Waals surface area contributed by atoms with Crippen molar-refractivity contribution >= 4 is 18.0 Å². The van der Waals surface area contributed by atoms with Crippen LogP contribution in [0, 0.1) is 0 Å². The zero-order valence-corrected chi connectivity index (χ0v) is 4.55. The summed E-state index contributed by atoms with van der Waals surface area (Å²) < 4.78 is 2.56. The summed E-state index contributed by atoms with van der Waals surface area (Å²) in [4.78, 5) is 10.2. The van der Waals surface area contributed by atoms with E-state index in [1.54, 1.807) is 0 Å². The highest BCUT2D eigenvalue weighted by Gasteiger charge is 2.30. The summed E-state index contributed by atoms with van der Waals surface area (Å²) in [6.07, 6.45) is -1.42. The second-order valence-corrected chi connectivity index (χ2v) is 1.99. The molecule has 0 spiro atoms. The third-order valence-corrected chi connectivity index (χ3v) is 1.36. The van der Waals surface area contributed by atoms with Crippen LogP contribution in [0.4, 0.5) is 0 Å². The van der Waals surface area contributed by atoms with Crippen LogP contribution in [-0.2, 0) is 4.79 Å². The van der Waals surface area contributed by atoms with Gasteiger partial charge in [-0.05, 0) is 0 Å². The molecule has 0 aromatic carbocycles. The molecule has 0 radical (unpaired) electrons. The Morgan fingerprint density at radius 3 is 2.62 bits per heavy atom. The third-order valence-electron chi connectivity index (χ3n) is 0.683. The van der Waals surface area contributed by atoms with Gasteiger partial charge in [-0.15, -0.1) is 0 Å². The van der Waals surface area contributed by atoms with Crippen molar-refractivity contribution in [2.75, 3.05) is 0 Å². The van der Waals surface area contributed by atoms with Crippen molar-refractivity contribution in [3.8, 4) is 0 Å². The predicted molar refractivity (Wildman–Crippen MR) is 25.4 cm³/mol. The molecule has 0 aromatic rings. The summed E-state index contributed by atoms with van der Waals surface area (Å²) in [6.45, 7) is 0. The van der Waals surface area contributed by atoms with Crippen molar-refractivity contribution < 1.29 is 15.1 Å². The Morgan fingerprint density at radius 2 is 2.50 bits per heavy atom. The second kappa shape index (κ2) is 1.90. The molecular formula is C2H4N2O3S. The number of hydroxylamine groups is 1. The zero-order valence-electron chi connectivity index (χ0n) is 3.74. The van der Waals surface area contributed by atoms with Crippen molar-refractivity contribution in [1.29, 1.82) is 0 Å². The standard InChI is InChI=1S/C2H4N2O3S/c5-1-2(6)4(7)8-3-1/h2,6-7H,(H,3,5). The number of carbonyl (C=O) groups excluding carboxylic acids is 1. The zero-order chi connectivity index (χ0) is 6.15. The summed E-state index contributed by atoms with van der Waals surface area (Å²) in [5, 5.41) is 16.9. The molecule has 1 saturated heterocycles. The first kappa shape index (κ1) is 5.83. The second-order valence-electron chi connectivity index (χ2n) is 1.23. The van der Waals surface area contributed by atoms with Crippen LogP contribution < -0.4 is 4.72 Å². The molecule has 1 rings (SSSR count). The minimum absolute atomic E-state index is 0.433. The average Bonchev–Trinajstić information content (AvgIpc) is 1.98. The Bertz CT molecular complexity index is 118. The molecule has 1 aliphatic heterocycles. The summed E-state index contributed by atoms with van der Waals surface area (Å²) in [5.41, 5.74) is 0. The topological polar surface area (TPSA) is 72.8 Å². The van der Waals surface area contributed by atoms with Gasteiger partial charge >= 0.3 is 0 Å². The summed E-state index contributed by atoms with van der Waals surface area (Å²) in [5.74, 6) is -0.600. The van der Waals surface area contributed by atoms with Gasteiger partial charge in [0.25, 0.3) is 5.91 Å². The largest absolute Gasteiger partial charge is 0.367 e. The number of aliphatic hydroxyl groups excluding tert-OH is 1. The number of nitrogens with one attached hydrogen (secondary N) is 1. The highest BCUT2D eigenvalue weighted by molar-refractivity contribution is 7.95. The number of carbonyl (C=O) groups is 1. The normalized spacial score (nSPS) is 30.8. The lowest BCUT2D eigenvalue weighted by atomic mass is 10.6. The van der Waals surface area contributed by atoms with Crippen LogP contribution in [0.2, 0.25) is 0 Å². The molecule has 1 fully saturated rings. The minimum Gasteiger partial charge on any atom is -0.367 e.